The largest absolute Gasteiger partial charge is 0.338 e. The van der Waals surface area contributed by atoms with Gasteiger partial charge in [-0.25, -0.2) is 9.38 Å². The molecule has 1 aliphatic heterocycles. The van der Waals surface area contributed by atoms with E-state index in [9.17, 15) is 4.79 Å². The van der Waals surface area contributed by atoms with Crippen LogP contribution < -0.4 is 4.90 Å². The summed E-state index contributed by atoms with van der Waals surface area (Å²) in [6.07, 6.45) is 0. The van der Waals surface area contributed by atoms with Crippen molar-refractivity contribution in [2.45, 2.75) is 0 Å². The van der Waals surface area contributed by atoms with Gasteiger partial charge < -0.3 is 9.80 Å². The van der Waals surface area contributed by atoms with E-state index in [1.54, 1.807) is 11.3 Å². The molecule has 1 fully saturated rings. The molecule has 6 rings (SSSR count). The van der Waals surface area contributed by atoms with Gasteiger partial charge in [0.1, 0.15) is 0 Å². The van der Waals surface area contributed by atoms with Gasteiger partial charge in [0.05, 0.1) is 15.3 Å². The van der Waals surface area contributed by atoms with Gasteiger partial charge in [-0.15, -0.1) is 32.9 Å². The van der Waals surface area contributed by atoms with Gasteiger partial charge in [-0.05, 0) is 41.1 Å². The second-order valence-corrected chi connectivity index (χ2v) is 9.82. The number of amides is 1. The molecule has 0 radical (unpaired) electrons. The molecule has 1 amide bonds. The lowest BCUT2D eigenvalue weighted by Crippen LogP contribution is -2.49. The Kier molecular flexibility index (Phi) is 4.82. The third kappa shape index (κ3) is 3.24. The van der Waals surface area contributed by atoms with Crippen molar-refractivity contribution >= 4 is 62.7 Å². The van der Waals surface area contributed by atoms with Crippen molar-refractivity contribution in [3.05, 3.63) is 63.1 Å². The predicted octanol–water partition coefficient (Wildman–Crippen LogP) is 4.68. The lowest BCUT2D eigenvalue weighted by atomic mass is 10.2. The van der Waals surface area contributed by atoms with Crippen molar-refractivity contribution in [2.24, 2.45) is 0 Å². The molecule has 1 aliphatic rings. The van der Waals surface area contributed by atoms with Gasteiger partial charge in [0.15, 0.2) is 11.5 Å². The minimum atomic E-state index is 0.0895. The fourth-order valence-corrected chi connectivity index (χ4v) is 5.59. The number of hydrogen-bond acceptors (Lipinski definition) is 7. The van der Waals surface area contributed by atoms with Gasteiger partial charge in [-0.1, -0.05) is 23.7 Å². The summed E-state index contributed by atoms with van der Waals surface area (Å²) in [5.41, 5.74) is 1.53. The number of carbonyl (C=O) groups excluding carboxylic acids is 1. The van der Waals surface area contributed by atoms with Gasteiger partial charge >= 0.3 is 0 Å². The van der Waals surface area contributed by atoms with Crippen molar-refractivity contribution < 1.29 is 4.79 Å². The number of hydrogen-bond donors (Lipinski definition) is 0. The van der Waals surface area contributed by atoms with Crippen LogP contribution in [0.1, 0.15) is 9.67 Å². The topological polar surface area (TPSA) is 66.6 Å². The molecule has 0 saturated carbocycles. The zero-order valence-electron chi connectivity index (χ0n) is 16.8. The lowest BCUT2D eigenvalue weighted by molar-refractivity contribution is 0.0751. The van der Waals surface area contributed by atoms with Crippen LogP contribution in [0.2, 0.25) is 5.02 Å². The number of anilines is 1. The normalized spacial score (nSPS) is 14.5. The van der Waals surface area contributed by atoms with Crippen LogP contribution in [0, 0.1) is 0 Å². The van der Waals surface area contributed by atoms with Crippen molar-refractivity contribution in [1.29, 1.82) is 0 Å². The smallest absolute Gasteiger partial charge is 0.264 e. The van der Waals surface area contributed by atoms with Gasteiger partial charge in [-0.2, -0.15) is 0 Å². The average Bonchev–Trinajstić information content (AvgIpc) is 3.59. The Hall–Kier alpha value is -3.01. The van der Waals surface area contributed by atoms with Crippen LogP contribution in [-0.4, -0.2) is 56.6 Å². The van der Waals surface area contributed by atoms with Crippen LogP contribution in [0.25, 0.3) is 27.3 Å². The fourth-order valence-electron chi connectivity index (χ4n) is 4.04. The highest BCUT2D eigenvalue weighted by Crippen LogP contribution is 2.32. The van der Waals surface area contributed by atoms with Gasteiger partial charge in [-0.3, -0.25) is 4.79 Å². The maximum atomic E-state index is 12.8. The van der Waals surface area contributed by atoms with Crippen LogP contribution in [0.4, 0.5) is 5.95 Å². The van der Waals surface area contributed by atoms with Crippen LogP contribution >= 0.6 is 34.3 Å². The summed E-state index contributed by atoms with van der Waals surface area (Å²) in [6, 6.07) is 13.5. The van der Waals surface area contributed by atoms with E-state index in [0.29, 0.717) is 31.2 Å². The first kappa shape index (κ1) is 19.7. The van der Waals surface area contributed by atoms with Crippen LogP contribution in [0.5, 0.6) is 0 Å². The highest BCUT2D eigenvalue weighted by molar-refractivity contribution is 7.13. The van der Waals surface area contributed by atoms with Gasteiger partial charge in [0, 0.05) is 36.6 Å². The van der Waals surface area contributed by atoms with Gasteiger partial charge in [0.2, 0.25) is 5.95 Å². The molecule has 5 aromatic rings. The van der Waals surface area contributed by atoms with E-state index in [0.717, 1.165) is 38.1 Å². The Bertz CT molecular complexity index is 1420. The summed E-state index contributed by atoms with van der Waals surface area (Å²) in [5.74, 6) is 1.63. The first-order chi connectivity index (χ1) is 15.7. The number of aromatic nitrogens is 4. The highest BCUT2D eigenvalue weighted by atomic mass is 35.5. The summed E-state index contributed by atoms with van der Waals surface area (Å²) in [4.78, 5) is 23.6. The Morgan fingerprint density at radius 1 is 0.969 bits per heavy atom. The predicted molar refractivity (Wildman–Crippen MR) is 129 cm³/mol. The Labute approximate surface area is 196 Å². The number of rotatable bonds is 3. The molecular formula is C22H17ClN6OS2. The van der Waals surface area contributed by atoms with Crippen LogP contribution in [0.15, 0.2) is 53.2 Å². The third-order valence-electron chi connectivity index (χ3n) is 5.61. The molecule has 4 aromatic heterocycles. The van der Waals surface area contributed by atoms with E-state index in [2.05, 4.69) is 15.1 Å². The summed E-state index contributed by atoms with van der Waals surface area (Å²) < 4.78 is 2.03. The summed E-state index contributed by atoms with van der Waals surface area (Å²) in [6.45, 7) is 2.61. The molecule has 0 atom stereocenters. The van der Waals surface area contributed by atoms with E-state index in [-0.39, 0.29) is 5.91 Å². The fraction of sp³-hybridized carbons (Fsp3) is 0.182. The molecule has 5 heterocycles. The number of nitrogens with zero attached hydrogens (tertiary/aromatic N) is 6. The first-order valence-electron chi connectivity index (χ1n) is 10.1. The number of benzene rings is 1. The SMILES string of the molecule is O=C(c1cccs1)N1CCN(c2nc3cc(Cl)ccc3c3nnc(-c4cccs4)n23)CC1. The molecule has 0 N–H and O–H groups in total. The second kappa shape index (κ2) is 7.84. The minimum absolute atomic E-state index is 0.0895. The van der Waals surface area contributed by atoms with E-state index < -0.39 is 0 Å². The maximum absolute atomic E-state index is 12.8. The molecule has 7 nitrogen and oxygen atoms in total. The molecule has 0 unspecified atom stereocenters. The third-order valence-corrected chi connectivity index (χ3v) is 7.57. The quantitative estimate of drug-likeness (QED) is 0.375. The summed E-state index contributed by atoms with van der Waals surface area (Å²) >= 11 is 9.36. The number of piperazine rings is 1. The Morgan fingerprint density at radius 3 is 2.53 bits per heavy atom. The average molecular weight is 481 g/mol. The molecule has 160 valence electrons. The monoisotopic (exact) mass is 480 g/mol. The zero-order valence-corrected chi connectivity index (χ0v) is 19.2. The Balaban J connectivity index is 1.42. The highest BCUT2D eigenvalue weighted by Gasteiger charge is 2.27. The molecule has 1 aromatic carbocycles. The van der Waals surface area contributed by atoms with E-state index in [1.807, 2.05) is 62.5 Å². The molecule has 32 heavy (non-hydrogen) atoms. The second-order valence-electron chi connectivity index (χ2n) is 7.49. The number of halogens is 1. The number of carbonyl (C=O) groups is 1. The standard InChI is InChI=1S/C22H17ClN6OS2/c23-14-5-6-15-16(13-14)24-22(29-19(15)25-26-20(29)17-3-1-11-31-17)28-9-7-27(8-10-28)21(30)18-4-2-12-32-18/h1-6,11-13H,7-10H2. The van der Waals surface area contributed by atoms with Crippen LogP contribution in [0.3, 0.4) is 0 Å². The molecule has 0 spiro atoms. The lowest BCUT2D eigenvalue weighted by Gasteiger charge is -2.35. The van der Waals surface area contributed by atoms with Gasteiger partial charge in [0.25, 0.3) is 5.91 Å². The van der Waals surface area contributed by atoms with Crippen molar-refractivity contribution in [2.75, 3.05) is 31.1 Å². The van der Waals surface area contributed by atoms with E-state index in [1.165, 1.54) is 11.3 Å². The van der Waals surface area contributed by atoms with Crippen molar-refractivity contribution in [3.63, 3.8) is 0 Å². The number of fused-ring (bicyclic) bond motifs is 3. The minimum Gasteiger partial charge on any atom is -0.338 e. The molecule has 1 saturated heterocycles. The number of thiophene rings is 2. The van der Waals surface area contributed by atoms with E-state index in [4.69, 9.17) is 16.6 Å². The first-order valence-corrected chi connectivity index (χ1v) is 12.3. The van der Waals surface area contributed by atoms with E-state index >= 15 is 0 Å². The zero-order chi connectivity index (χ0) is 21.7. The summed E-state index contributed by atoms with van der Waals surface area (Å²) in [5, 5.41) is 14.5. The molecule has 10 heteroatoms. The molecular weight excluding hydrogens is 464 g/mol. The van der Waals surface area contributed by atoms with Crippen LogP contribution in [-0.2, 0) is 0 Å². The van der Waals surface area contributed by atoms with Crippen molar-refractivity contribution in [1.82, 2.24) is 24.5 Å². The maximum Gasteiger partial charge on any atom is 0.264 e. The Morgan fingerprint density at radius 2 is 1.78 bits per heavy atom. The summed E-state index contributed by atoms with van der Waals surface area (Å²) in [7, 11) is 0. The van der Waals surface area contributed by atoms with Crippen molar-refractivity contribution in [3.8, 4) is 10.7 Å². The molecule has 0 aliphatic carbocycles. The molecule has 0 bridgehead atoms.